The summed E-state index contributed by atoms with van der Waals surface area (Å²) in [5.74, 6) is 0. The summed E-state index contributed by atoms with van der Waals surface area (Å²) in [7, 11) is 0. The molecule has 0 spiro atoms. The summed E-state index contributed by atoms with van der Waals surface area (Å²) >= 11 is 4.97. The summed E-state index contributed by atoms with van der Waals surface area (Å²) in [6, 6.07) is 5.99. The van der Waals surface area contributed by atoms with Crippen molar-refractivity contribution in [3.05, 3.63) is 35.4 Å². The fourth-order valence-corrected chi connectivity index (χ4v) is 3.94. The molecule has 0 aromatic heterocycles. The lowest BCUT2D eigenvalue weighted by Crippen LogP contribution is -2.18. The summed E-state index contributed by atoms with van der Waals surface area (Å²) in [6.07, 6.45) is 0. The van der Waals surface area contributed by atoms with Crippen LogP contribution in [-0.4, -0.2) is 13.2 Å². The van der Waals surface area contributed by atoms with E-state index in [2.05, 4.69) is 0 Å². The zero-order valence-electron chi connectivity index (χ0n) is 10.7. The zero-order chi connectivity index (χ0) is 13.8. The van der Waals surface area contributed by atoms with E-state index >= 15 is 0 Å². The minimum Gasteiger partial charge on any atom is -0.325 e. The molecule has 0 bridgehead atoms. The minimum absolute atomic E-state index is 0.110. The van der Waals surface area contributed by atoms with E-state index < -0.39 is 12.2 Å². The van der Waals surface area contributed by atoms with Crippen molar-refractivity contribution >= 4 is 18.3 Å². The first kappa shape index (κ1) is 15.7. The van der Waals surface area contributed by atoms with Crippen LogP contribution in [0.4, 0.5) is 8.78 Å². The van der Waals surface area contributed by atoms with Crippen molar-refractivity contribution in [2.45, 2.75) is 26.4 Å². The summed E-state index contributed by atoms with van der Waals surface area (Å²) < 4.78 is 39.0. The molecular formula is C12H17F2O2PS. The first-order valence-corrected chi connectivity index (χ1v) is 8.35. The van der Waals surface area contributed by atoms with Gasteiger partial charge in [0.2, 0.25) is 0 Å². The van der Waals surface area contributed by atoms with Crippen molar-refractivity contribution in [2.75, 3.05) is 13.2 Å². The molecule has 0 aliphatic heterocycles. The van der Waals surface area contributed by atoms with Crippen LogP contribution in [0.3, 0.4) is 0 Å². The van der Waals surface area contributed by atoms with Gasteiger partial charge in [-0.05, 0) is 32.6 Å². The third-order valence-corrected chi connectivity index (χ3v) is 5.80. The van der Waals surface area contributed by atoms with Gasteiger partial charge in [0.15, 0.2) is 0 Å². The molecule has 18 heavy (non-hydrogen) atoms. The molecule has 1 aromatic carbocycles. The molecule has 102 valence electrons. The van der Waals surface area contributed by atoms with Crippen LogP contribution in [0.5, 0.6) is 0 Å². The molecule has 0 saturated heterocycles. The second-order valence-corrected chi connectivity index (χ2v) is 7.26. The molecule has 2 nitrogen and oxygen atoms in total. The fourth-order valence-electron chi connectivity index (χ4n) is 1.45. The molecule has 0 aliphatic rings. The number of halogens is 2. The lowest BCUT2D eigenvalue weighted by Gasteiger charge is -2.29. The van der Waals surface area contributed by atoms with Crippen LogP contribution in [-0.2, 0) is 26.5 Å². The summed E-state index contributed by atoms with van der Waals surface area (Å²) in [6.45, 7) is 1.66. The second kappa shape index (κ2) is 6.20. The molecule has 0 amide bonds. The quantitative estimate of drug-likeness (QED) is 0.723. The van der Waals surface area contributed by atoms with Gasteiger partial charge in [-0.1, -0.05) is 29.8 Å². The number of hydrogen-bond acceptors (Lipinski definition) is 3. The van der Waals surface area contributed by atoms with E-state index in [0.717, 1.165) is 5.56 Å². The predicted octanol–water partition coefficient (Wildman–Crippen LogP) is 4.43. The normalized spacial score (nSPS) is 12.7. The van der Waals surface area contributed by atoms with Crippen LogP contribution in [0.15, 0.2) is 24.3 Å². The average Bonchev–Trinajstić information content (AvgIpc) is 2.30. The topological polar surface area (TPSA) is 18.5 Å². The van der Waals surface area contributed by atoms with E-state index in [1.165, 1.54) is 12.1 Å². The second-order valence-electron chi connectivity index (χ2n) is 3.74. The largest absolute Gasteiger partial charge is 0.345 e. The van der Waals surface area contributed by atoms with Gasteiger partial charge in [-0.2, -0.15) is 8.78 Å². The first-order chi connectivity index (χ1) is 8.37. The van der Waals surface area contributed by atoms with Crippen molar-refractivity contribution in [3.63, 3.8) is 0 Å². The Kier molecular flexibility index (Phi) is 5.41. The molecule has 6 heteroatoms. The van der Waals surface area contributed by atoms with Gasteiger partial charge in [0.1, 0.15) is 0 Å². The highest BCUT2D eigenvalue weighted by molar-refractivity contribution is 8.10. The maximum absolute atomic E-state index is 14.4. The van der Waals surface area contributed by atoms with Crippen LogP contribution in [0, 0.1) is 6.92 Å². The minimum atomic E-state index is -3.66. The van der Waals surface area contributed by atoms with Crippen molar-refractivity contribution in [1.29, 1.82) is 0 Å². The number of alkyl halides is 2. The van der Waals surface area contributed by atoms with Gasteiger partial charge in [-0.3, -0.25) is 0 Å². The highest BCUT2D eigenvalue weighted by atomic mass is 32.5. The van der Waals surface area contributed by atoms with E-state index in [-0.39, 0.29) is 18.8 Å². The van der Waals surface area contributed by atoms with Gasteiger partial charge in [-0.25, -0.2) is 0 Å². The lowest BCUT2D eigenvalue weighted by atomic mass is 10.2. The molecule has 0 N–H and O–H groups in total. The molecule has 0 unspecified atom stereocenters. The maximum atomic E-state index is 14.4. The Morgan fingerprint density at radius 1 is 1.11 bits per heavy atom. The summed E-state index contributed by atoms with van der Waals surface area (Å²) in [5.41, 5.74) is -2.52. The van der Waals surface area contributed by atoms with E-state index in [0.29, 0.717) is 0 Å². The molecule has 1 rings (SSSR count). The Morgan fingerprint density at radius 3 is 1.94 bits per heavy atom. The van der Waals surface area contributed by atoms with Crippen LogP contribution in [0.1, 0.15) is 25.0 Å². The van der Waals surface area contributed by atoms with E-state index in [1.807, 2.05) is 6.92 Å². The first-order valence-electron chi connectivity index (χ1n) is 5.71. The average molecular weight is 294 g/mol. The molecular weight excluding hydrogens is 277 g/mol. The van der Waals surface area contributed by atoms with Crippen molar-refractivity contribution < 1.29 is 17.8 Å². The van der Waals surface area contributed by atoms with E-state index in [1.54, 1.807) is 26.0 Å². The van der Waals surface area contributed by atoms with Gasteiger partial charge >= 0.3 is 5.66 Å². The standard InChI is InChI=1S/C12H17F2O2PS/c1-4-15-17(18,16-5-2)12(13,14)11-8-6-10(3)7-9-11/h6-9H,4-5H2,1-3H3. The van der Waals surface area contributed by atoms with Crippen LogP contribution in [0.25, 0.3) is 0 Å². The van der Waals surface area contributed by atoms with Crippen molar-refractivity contribution in [1.82, 2.24) is 0 Å². The monoisotopic (exact) mass is 294 g/mol. The number of hydrogen-bond donors (Lipinski definition) is 0. The molecule has 0 fully saturated rings. The van der Waals surface area contributed by atoms with Crippen LogP contribution < -0.4 is 0 Å². The molecule has 0 radical (unpaired) electrons. The third kappa shape index (κ3) is 3.15. The Bertz CT molecular complexity index is 424. The van der Waals surface area contributed by atoms with Crippen LogP contribution in [0.2, 0.25) is 0 Å². The highest BCUT2D eigenvalue weighted by Gasteiger charge is 2.50. The Morgan fingerprint density at radius 2 is 1.56 bits per heavy atom. The molecule has 0 heterocycles. The van der Waals surface area contributed by atoms with Gasteiger partial charge < -0.3 is 9.05 Å². The summed E-state index contributed by atoms with van der Waals surface area (Å²) in [4.78, 5) is 0. The van der Waals surface area contributed by atoms with Gasteiger partial charge in [0.25, 0.3) is 6.49 Å². The molecule has 1 aromatic rings. The van der Waals surface area contributed by atoms with Gasteiger partial charge in [0, 0.05) is 5.56 Å². The molecule has 0 atom stereocenters. The number of rotatable bonds is 6. The number of aryl methyl sites for hydroxylation is 1. The highest BCUT2D eigenvalue weighted by Crippen LogP contribution is 2.67. The fraction of sp³-hybridized carbons (Fsp3) is 0.500. The predicted molar refractivity (Wildman–Crippen MR) is 72.6 cm³/mol. The third-order valence-electron chi connectivity index (χ3n) is 2.34. The van der Waals surface area contributed by atoms with Gasteiger partial charge in [-0.15, -0.1) is 0 Å². The van der Waals surface area contributed by atoms with Crippen LogP contribution >= 0.6 is 6.49 Å². The van der Waals surface area contributed by atoms with E-state index in [4.69, 9.17) is 20.9 Å². The Labute approximate surface area is 111 Å². The van der Waals surface area contributed by atoms with Crippen molar-refractivity contribution in [2.24, 2.45) is 0 Å². The van der Waals surface area contributed by atoms with Crippen molar-refractivity contribution in [3.8, 4) is 0 Å². The number of benzene rings is 1. The zero-order valence-corrected chi connectivity index (χ0v) is 12.4. The van der Waals surface area contributed by atoms with E-state index in [9.17, 15) is 8.78 Å². The SMILES string of the molecule is CCOP(=S)(OCC)C(F)(F)c1ccc(C)cc1. The molecule has 0 saturated carbocycles. The molecule has 0 aliphatic carbocycles. The Balaban J connectivity index is 3.15. The smallest absolute Gasteiger partial charge is 0.325 e. The Hall–Kier alpha value is -0.350. The van der Waals surface area contributed by atoms with Gasteiger partial charge in [0.05, 0.1) is 13.2 Å². The summed E-state index contributed by atoms with van der Waals surface area (Å²) in [5, 5.41) is 0. The lowest BCUT2D eigenvalue weighted by molar-refractivity contribution is 0.0554. The maximum Gasteiger partial charge on any atom is 0.345 e.